The van der Waals surface area contributed by atoms with E-state index in [4.69, 9.17) is 4.11 Å². The van der Waals surface area contributed by atoms with E-state index < -0.39 is 0 Å². The van der Waals surface area contributed by atoms with Gasteiger partial charge in [-0.1, -0.05) is 0 Å². The molecule has 0 N–H and O–H groups in total. The van der Waals surface area contributed by atoms with Crippen molar-refractivity contribution in [3.63, 3.8) is 0 Å². The Hall–Kier alpha value is -0.440. The fraction of sp³-hybridized carbons (Fsp3) is 0. The largest absolute Gasteiger partial charge is 0.244 e. The summed E-state index contributed by atoms with van der Waals surface area (Å²) in [7, 11) is 0. The monoisotopic (exact) mass is 161 g/mol. The van der Waals surface area contributed by atoms with E-state index in [9.17, 15) is 0 Å². The molecule has 0 bridgehead atoms. The number of hydrogen-bond donors (Lipinski definition) is 0. The van der Waals surface area contributed by atoms with Gasteiger partial charge in [0.25, 0.3) is 0 Å². The Balaban J connectivity index is 3.31. The summed E-state index contributed by atoms with van der Waals surface area (Å²) in [6.07, 6.45) is -0.534. The molecule has 36 valence electrons. The quantitative estimate of drug-likeness (QED) is 0.573. The zero-order valence-corrected chi connectivity index (χ0v) is 4.86. The van der Waals surface area contributed by atoms with Crippen LogP contribution < -0.4 is 0 Å². The third-order valence-corrected chi connectivity index (χ3v) is 0.763. The second kappa shape index (κ2) is 2.02. The van der Waals surface area contributed by atoms with Crippen molar-refractivity contribution < 1.29 is 4.11 Å². The van der Waals surface area contributed by atoms with Gasteiger partial charge < -0.3 is 0 Å². The maximum Gasteiger partial charge on any atom is 0.115 e. The van der Waals surface area contributed by atoms with Crippen molar-refractivity contribution in [2.75, 3.05) is 0 Å². The first kappa shape index (κ1) is 2.22. The Morgan fingerprint density at radius 3 is 2.71 bits per heavy atom. The molecule has 2 nitrogen and oxygen atoms in total. The molecule has 1 aromatic heterocycles. The molecular formula is C4H3BrN2. The van der Waals surface area contributed by atoms with E-state index in [0.717, 1.165) is 0 Å². The van der Waals surface area contributed by atoms with Crippen LogP contribution in [0.2, 0.25) is 0 Å². The predicted molar refractivity (Wildman–Crippen MR) is 29.7 cm³/mol. The van der Waals surface area contributed by atoms with Gasteiger partial charge in [-0.15, -0.1) is 0 Å². The van der Waals surface area contributed by atoms with Gasteiger partial charge in [-0.05, 0) is 15.9 Å². The smallest absolute Gasteiger partial charge is 0.115 e. The lowest BCUT2D eigenvalue weighted by Gasteiger charge is -1.79. The average molecular weight is 162 g/mol. The van der Waals surface area contributed by atoms with Gasteiger partial charge in [-0.2, -0.15) is 0 Å². The summed E-state index contributed by atoms with van der Waals surface area (Å²) >= 11 is 2.93. The highest BCUT2D eigenvalue weighted by molar-refractivity contribution is 9.10. The molecule has 3 heteroatoms. The Bertz CT molecular complexity index is 242. The molecule has 1 heterocycles. The third-order valence-electron chi connectivity index (χ3n) is 0.408. The van der Waals surface area contributed by atoms with Gasteiger partial charge in [0.2, 0.25) is 0 Å². The molecule has 0 aliphatic heterocycles. The van der Waals surface area contributed by atoms with Gasteiger partial charge in [0.05, 0.1) is 7.21 Å². The molecule has 0 aliphatic carbocycles. The minimum absolute atomic E-state index is 0.120. The fourth-order valence-corrected chi connectivity index (χ4v) is 0.375. The lowest BCUT2D eigenvalue weighted by molar-refractivity contribution is 1.15. The van der Waals surface area contributed by atoms with Crippen LogP contribution in [0.15, 0.2) is 23.1 Å². The molecule has 1 aromatic rings. The van der Waals surface area contributed by atoms with E-state index in [2.05, 4.69) is 25.9 Å². The molecule has 0 spiro atoms. The van der Waals surface area contributed by atoms with Crippen molar-refractivity contribution in [3.8, 4) is 0 Å². The first-order chi connectivity index (χ1) is 4.61. The molecule has 1 rings (SSSR count). The Labute approximate surface area is 54.0 Å². The third kappa shape index (κ3) is 1.23. The van der Waals surface area contributed by atoms with Gasteiger partial charge in [0.15, 0.2) is 0 Å². The van der Waals surface area contributed by atoms with Crippen molar-refractivity contribution >= 4 is 15.9 Å². The summed E-state index contributed by atoms with van der Waals surface area (Å²) in [5, 5.41) is 0. The second-order valence-electron chi connectivity index (χ2n) is 0.861. The van der Waals surface area contributed by atoms with E-state index in [0.29, 0.717) is 0 Å². The Morgan fingerprint density at radius 1 is 1.57 bits per heavy atom. The van der Waals surface area contributed by atoms with Crippen LogP contribution in [-0.4, -0.2) is 9.97 Å². The van der Waals surface area contributed by atoms with Crippen molar-refractivity contribution in [2.24, 2.45) is 0 Å². The number of nitrogens with zero attached hydrogens (tertiary/aromatic N) is 2. The van der Waals surface area contributed by atoms with Gasteiger partial charge in [0, 0.05) is 12.3 Å². The molecular weight excluding hydrogens is 156 g/mol. The van der Waals surface area contributed by atoms with Gasteiger partial charge in [0.1, 0.15) is 7.67 Å². The molecule has 0 aromatic carbocycles. The molecule has 0 saturated heterocycles. The molecule has 7 heavy (non-hydrogen) atoms. The van der Waals surface area contributed by atoms with Gasteiger partial charge in [-0.25, -0.2) is 9.97 Å². The minimum Gasteiger partial charge on any atom is -0.244 e. The molecule has 0 amide bonds. The zero-order chi connectivity index (χ0) is 7.72. The predicted octanol–water partition coefficient (Wildman–Crippen LogP) is 1.24. The van der Waals surface area contributed by atoms with Crippen molar-refractivity contribution in [3.05, 3.63) is 23.1 Å². The van der Waals surface area contributed by atoms with Crippen LogP contribution in [0.3, 0.4) is 0 Å². The van der Waals surface area contributed by atoms with Crippen molar-refractivity contribution in [1.82, 2.24) is 9.97 Å². The van der Waals surface area contributed by atoms with Crippen LogP contribution in [0.4, 0.5) is 0 Å². The Kier molecular flexibility index (Phi) is 0.641. The maximum absolute atomic E-state index is 7.06. The second-order valence-corrected chi connectivity index (χ2v) is 1.65. The molecule has 0 unspecified atom stereocenters. The van der Waals surface area contributed by atoms with Crippen LogP contribution in [0, 0.1) is 0 Å². The van der Waals surface area contributed by atoms with Gasteiger partial charge in [-0.3, -0.25) is 0 Å². The van der Waals surface area contributed by atoms with Gasteiger partial charge >= 0.3 is 0 Å². The molecule has 0 saturated carbocycles. The number of rotatable bonds is 0. The van der Waals surface area contributed by atoms with E-state index in [1.54, 1.807) is 0 Å². The summed E-state index contributed by atoms with van der Waals surface area (Å²) in [5.41, 5.74) is 0. The SMILES string of the molecule is [2H]c1nc([2H])c(Br)c([2H])n1. The summed E-state index contributed by atoms with van der Waals surface area (Å²) in [6.45, 7) is 0. The van der Waals surface area contributed by atoms with E-state index in [1.165, 1.54) is 0 Å². The molecule has 0 atom stereocenters. The van der Waals surface area contributed by atoms with Crippen LogP contribution >= 0.6 is 15.9 Å². The van der Waals surface area contributed by atoms with Crippen molar-refractivity contribution in [1.29, 1.82) is 0 Å². The number of halogens is 1. The number of aromatic nitrogens is 2. The highest BCUT2D eigenvalue weighted by Crippen LogP contribution is 2.00. The van der Waals surface area contributed by atoms with Crippen LogP contribution in [0.1, 0.15) is 4.11 Å². The normalized spacial score (nSPS) is 14.7. The lowest BCUT2D eigenvalue weighted by atomic mass is 10.7. The lowest BCUT2D eigenvalue weighted by Crippen LogP contribution is -1.71. The van der Waals surface area contributed by atoms with Crippen LogP contribution in [0.25, 0.3) is 0 Å². The highest BCUT2D eigenvalue weighted by atomic mass is 79.9. The number of hydrogen-bond acceptors (Lipinski definition) is 2. The van der Waals surface area contributed by atoms with E-state index >= 15 is 0 Å². The van der Waals surface area contributed by atoms with Crippen LogP contribution in [-0.2, 0) is 0 Å². The topological polar surface area (TPSA) is 25.8 Å². The first-order valence-corrected chi connectivity index (χ1v) is 2.38. The maximum atomic E-state index is 7.06. The van der Waals surface area contributed by atoms with Crippen LogP contribution in [0.5, 0.6) is 0 Å². The van der Waals surface area contributed by atoms with E-state index in [-0.39, 0.29) is 23.1 Å². The summed E-state index contributed by atoms with van der Waals surface area (Å²) in [6, 6.07) is 0. The average Bonchev–Trinajstić information content (AvgIpc) is 1.82. The molecule has 0 aliphatic rings. The fourth-order valence-electron chi connectivity index (χ4n) is 0.198. The standard InChI is InChI=1S/C4H3BrN2/c5-4-1-6-3-7-2-4/h1-3H/i1D,2D,3D. The zero-order valence-electron chi connectivity index (χ0n) is 6.27. The first-order valence-electron chi connectivity index (χ1n) is 3.08. The van der Waals surface area contributed by atoms with E-state index in [1.807, 2.05) is 0 Å². The van der Waals surface area contributed by atoms with Crippen molar-refractivity contribution in [2.45, 2.75) is 0 Å². The summed E-state index contributed by atoms with van der Waals surface area (Å²) < 4.78 is 21.2. The Morgan fingerprint density at radius 2 is 2.14 bits per heavy atom. The minimum atomic E-state index is -0.293. The summed E-state index contributed by atoms with van der Waals surface area (Å²) in [4.78, 5) is 6.78. The summed E-state index contributed by atoms with van der Waals surface area (Å²) in [5.74, 6) is 0. The highest BCUT2D eigenvalue weighted by Gasteiger charge is 1.76. The molecule has 0 fully saturated rings. The molecule has 0 radical (unpaired) electrons.